The van der Waals surface area contributed by atoms with Gasteiger partial charge in [-0.25, -0.2) is 8.42 Å². The van der Waals surface area contributed by atoms with Gasteiger partial charge in [0.05, 0.1) is 15.7 Å². The van der Waals surface area contributed by atoms with Gasteiger partial charge in [0.2, 0.25) is 0 Å². The fourth-order valence-electron chi connectivity index (χ4n) is 1.54. The van der Waals surface area contributed by atoms with E-state index in [1.165, 1.54) is 12.1 Å². The van der Waals surface area contributed by atoms with Crippen molar-refractivity contribution in [1.82, 2.24) is 0 Å². The van der Waals surface area contributed by atoms with E-state index in [1.807, 2.05) is 6.92 Å². The molecule has 1 aromatic rings. The van der Waals surface area contributed by atoms with Gasteiger partial charge in [-0.05, 0) is 24.6 Å². The smallest absolute Gasteiger partial charge is 0.181 e. The summed E-state index contributed by atoms with van der Waals surface area (Å²) in [6.07, 6.45) is 1.51. The Kier molecular flexibility index (Phi) is 5.25. The largest absolute Gasteiger partial charge is 0.327 e. The van der Waals surface area contributed by atoms with E-state index in [1.54, 1.807) is 6.07 Å². The van der Waals surface area contributed by atoms with Gasteiger partial charge in [-0.1, -0.05) is 36.5 Å². The van der Waals surface area contributed by atoms with Crippen molar-refractivity contribution >= 4 is 33.0 Å². The summed E-state index contributed by atoms with van der Waals surface area (Å²) in [6.45, 7) is 1.96. The summed E-state index contributed by atoms with van der Waals surface area (Å²) in [5, 5.41) is 0.523. The highest BCUT2D eigenvalue weighted by Crippen LogP contribution is 2.26. The summed E-state index contributed by atoms with van der Waals surface area (Å²) < 4.78 is 24.1. The van der Waals surface area contributed by atoms with Crippen molar-refractivity contribution in [1.29, 1.82) is 0 Å². The second-order valence-electron chi connectivity index (χ2n) is 3.90. The number of hydrogen-bond donors (Lipinski definition) is 1. The minimum atomic E-state index is -3.48. The average molecular weight is 296 g/mol. The van der Waals surface area contributed by atoms with Gasteiger partial charge in [-0.3, -0.25) is 0 Å². The van der Waals surface area contributed by atoms with Crippen molar-refractivity contribution in [3.05, 3.63) is 28.2 Å². The molecule has 0 heterocycles. The zero-order valence-corrected chi connectivity index (χ0v) is 11.8. The molecule has 0 radical (unpaired) electrons. The highest BCUT2D eigenvalue weighted by Gasteiger charge is 2.21. The molecule has 1 rings (SSSR count). The third kappa shape index (κ3) is 4.14. The molecule has 1 unspecified atom stereocenters. The van der Waals surface area contributed by atoms with Crippen LogP contribution in [0.15, 0.2) is 23.1 Å². The third-order valence-electron chi connectivity index (χ3n) is 2.32. The lowest BCUT2D eigenvalue weighted by atomic mass is 10.2. The van der Waals surface area contributed by atoms with Gasteiger partial charge in [0.15, 0.2) is 9.84 Å². The Morgan fingerprint density at radius 3 is 2.59 bits per heavy atom. The topological polar surface area (TPSA) is 60.2 Å². The van der Waals surface area contributed by atoms with Crippen LogP contribution >= 0.6 is 23.2 Å². The number of hydrogen-bond acceptors (Lipinski definition) is 3. The molecule has 0 saturated carbocycles. The molecule has 3 nitrogen and oxygen atoms in total. The molecule has 0 aliphatic heterocycles. The molecule has 0 aliphatic rings. The Balaban J connectivity index is 3.01. The molecule has 0 amide bonds. The fourth-order valence-corrected chi connectivity index (χ4v) is 3.83. The predicted molar refractivity (Wildman–Crippen MR) is 71.4 cm³/mol. The zero-order chi connectivity index (χ0) is 13.1. The minimum Gasteiger partial charge on any atom is -0.327 e. The second-order valence-corrected chi connectivity index (χ2v) is 6.75. The molecule has 0 fully saturated rings. The van der Waals surface area contributed by atoms with Gasteiger partial charge < -0.3 is 5.73 Å². The van der Waals surface area contributed by atoms with Crippen LogP contribution in [0.4, 0.5) is 0 Å². The zero-order valence-electron chi connectivity index (χ0n) is 9.49. The SMILES string of the molecule is CCCC(N)CS(=O)(=O)c1cc(Cl)ccc1Cl. The van der Waals surface area contributed by atoms with Crippen LogP contribution in [0.3, 0.4) is 0 Å². The third-order valence-corrected chi connectivity index (χ3v) is 4.87. The van der Waals surface area contributed by atoms with Crippen LogP contribution in [0.2, 0.25) is 10.0 Å². The molecule has 0 bridgehead atoms. The number of sulfone groups is 1. The van der Waals surface area contributed by atoms with Crippen LogP contribution in [-0.4, -0.2) is 20.2 Å². The average Bonchev–Trinajstić information content (AvgIpc) is 2.21. The summed E-state index contributed by atoms with van der Waals surface area (Å²) in [5.74, 6) is -0.110. The quantitative estimate of drug-likeness (QED) is 0.908. The maximum Gasteiger partial charge on any atom is 0.181 e. The molecular formula is C11H15Cl2NO2S. The normalized spacial score (nSPS) is 13.6. The molecule has 0 aliphatic carbocycles. The maximum absolute atomic E-state index is 12.1. The van der Waals surface area contributed by atoms with Gasteiger partial charge in [-0.15, -0.1) is 0 Å². The van der Waals surface area contributed by atoms with Crippen molar-refractivity contribution in [3.8, 4) is 0 Å². The standard InChI is InChI=1S/C11H15Cl2NO2S/c1-2-3-9(14)7-17(15,16)11-6-8(12)4-5-10(11)13/h4-6,9H,2-3,7,14H2,1H3. The van der Waals surface area contributed by atoms with E-state index in [2.05, 4.69) is 0 Å². The molecule has 0 spiro atoms. The Morgan fingerprint density at radius 1 is 1.35 bits per heavy atom. The Morgan fingerprint density at radius 2 is 2.00 bits per heavy atom. The van der Waals surface area contributed by atoms with E-state index < -0.39 is 9.84 Å². The van der Waals surface area contributed by atoms with Crippen molar-refractivity contribution < 1.29 is 8.42 Å². The van der Waals surface area contributed by atoms with E-state index in [0.29, 0.717) is 11.4 Å². The highest BCUT2D eigenvalue weighted by atomic mass is 35.5. The van der Waals surface area contributed by atoms with Crippen molar-refractivity contribution in [2.75, 3.05) is 5.75 Å². The second kappa shape index (κ2) is 6.05. The van der Waals surface area contributed by atoms with E-state index in [-0.39, 0.29) is 21.7 Å². The summed E-state index contributed by atoms with van der Waals surface area (Å²) >= 11 is 11.6. The van der Waals surface area contributed by atoms with Crippen LogP contribution in [0.25, 0.3) is 0 Å². The van der Waals surface area contributed by atoms with Gasteiger partial charge in [0.1, 0.15) is 0 Å². The van der Waals surface area contributed by atoms with Crippen LogP contribution in [-0.2, 0) is 9.84 Å². The fraction of sp³-hybridized carbons (Fsp3) is 0.455. The molecule has 2 N–H and O–H groups in total. The first kappa shape index (κ1) is 14.8. The van der Waals surface area contributed by atoms with Gasteiger partial charge in [0.25, 0.3) is 0 Å². The van der Waals surface area contributed by atoms with Crippen LogP contribution in [0.5, 0.6) is 0 Å². The molecule has 17 heavy (non-hydrogen) atoms. The first-order valence-corrected chi connectivity index (χ1v) is 7.71. The van der Waals surface area contributed by atoms with Gasteiger partial charge >= 0.3 is 0 Å². The Hall–Kier alpha value is -0.290. The Bertz CT molecular complexity index is 488. The lowest BCUT2D eigenvalue weighted by Gasteiger charge is -2.12. The van der Waals surface area contributed by atoms with E-state index >= 15 is 0 Å². The molecule has 6 heteroatoms. The number of rotatable bonds is 5. The van der Waals surface area contributed by atoms with Crippen LogP contribution < -0.4 is 5.73 Å². The summed E-state index contributed by atoms with van der Waals surface area (Å²) in [7, 11) is -3.48. The maximum atomic E-state index is 12.1. The monoisotopic (exact) mass is 295 g/mol. The van der Waals surface area contributed by atoms with E-state index in [9.17, 15) is 8.42 Å². The van der Waals surface area contributed by atoms with Gasteiger partial charge in [-0.2, -0.15) is 0 Å². The first-order valence-electron chi connectivity index (χ1n) is 5.30. The number of nitrogens with two attached hydrogens (primary N) is 1. The molecule has 0 saturated heterocycles. The van der Waals surface area contributed by atoms with E-state index in [0.717, 1.165) is 6.42 Å². The number of benzene rings is 1. The number of halogens is 2. The van der Waals surface area contributed by atoms with Crippen molar-refractivity contribution in [3.63, 3.8) is 0 Å². The van der Waals surface area contributed by atoms with Crippen molar-refractivity contribution in [2.45, 2.75) is 30.7 Å². The lowest BCUT2D eigenvalue weighted by Crippen LogP contribution is -2.29. The van der Waals surface area contributed by atoms with Crippen molar-refractivity contribution in [2.24, 2.45) is 5.73 Å². The van der Waals surface area contributed by atoms with Crippen LogP contribution in [0.1, 0.15) is 19.8 Å². The van der Waals surface area contributed by atoms with E-state index in [4.69, 9.17) is 28.9 Å². The minimum absolute atomic E-state index is 0.0539. The predicted octanol–water partition coefficient (Wildman–Crippen LogP) is 2.89. The van der Waals surface area contributed by atoms with Crippen LogP contribution in [0, 0.1) is 0 Å². The molecule has 1 atom stereocenters. The molecule has 96 valence electrons. The molecule has 1 aromatic carbocycles. The summed E-state index contributed by atoms with van der Waals surface area (Å²) in [6, 6.07) is 4.01. The lowest BCUT2D eigenvalue weighted by molar-refractivity contribution is 0.577. The highest BCUT2D eigenvalue weighted by molar-refractivity contribution is 7.91. The molecule has 0 aromatic heterocycles. The summed E-state index contributed by atoms with van der Waals surface area (Å²) in [4.78, 5) is 0.0539. The first-order chi connectivity index (χ1) is 7.86. The summed E-state index contributed by atoms with van der Waals surface area (Å²) in [5.41, 5.74) is 5.74. The Labute approximate surface area is 112 Å². The molecular weight excluding hydrogens is 281 g/mol. The van der Waals surface area contributed by atoms with Gasteiger partial charge in [0, 0.05) is 11.1 Å².